The molecule has 1 heterocycles. The van der Waals surface area contributed by atoms with E-state index in [-0.39, 0.29) is 17.5 Å². The fourth-order valence-corrected chi connectivity index (χ4v) is 3.06. The molecule has 0 spiro atoms. The summed E-state index contributed by atoms with van der Waals surface area (Å²) >= 11 is 1.70. The van der Waals surface area contributed by atoms with Crippen LogP contribution in [0.3, 0.4) is 0 Å². The number of nitrogens with zero attached hydrogens (tertiary/aromatic N) is 1. The van der Waals surface area contributed by atoms with Crippen LogP contribution in [-0.4, -0.2) is 50.9 Å². The molecule has 0 N–H and O–H groups in total. The number of hydrogen-bond donors (Lipinski definition) is 0. The van der Waals surface area contributed by atoms with E-state index < -0.39 is 0 Å². The maximum atomic E-state index is 11.7. The van der Waals surface area contributed by atoms with Crippen molar-refractivity contribution in [2.75, 3.05) is 49.8 Å². The Kier molecular flexibility index (Phi) is 8.67. The van der Waals surface area contributed by atoms with Crippen molar-refractivity contribution < 1.29 is 18.7 Å². The van der Waals surface area contributed by atoms with Gasteiger partial charge in [-0.3, -0.25) is 4.79 Å². The Balaban J connectivity index is 1.65. The van der Waals surface area contributed by atoms with Crippen LogP contribution in [0.5, 0.6) is 0 Å². The molecule has 0 radical (unpaired) electrons. The highest BCUT2D eigenvalue weighted by molar-refractivity contribution is 7.99. The van der Waals surface area contributed by atoms with Crippen LogP contribution in [-0.2, 0) is 14.3 Å². The number of para-hydroxylation sites is 1. The molecule has 0 amide bonds. The number of hydrogen-bond acceptors (Lipinski definition) is 7. The number of fused-ring (bicyclic) bond motifs is 1. The third kappa shape index (κ3) is 6.92. The Morgan fingerprint density at radius 3 is 2.70 bits per heavy atom. The second-order valence-corrected chi connectivity index (χ2v) is 7.64. The van der Waals surface area contributed by atoms with Crippen molar-refractivity contribution in [1.82, 2.24) is 0 Å². The van der Waals surface area contributed by atoms with Crippen molar-refractivity contribution in [3.05, 3.63) is 40.8 Å². The van der Waals surface area contributed by atoms with E-state index in [0.717, 1.165) is 22.6 Å². The first-order chi connectivity index (χ1) is 13.0. The number of carbonyl (C=O) groups excluding carboxylic acids is 1. The Hall–Kier alpha value is -1.99. The lowest BCUT2D eigenvalue weighted by Crippen LogP contribution is -2.24. The highest BCUT2D eigenvalue weighted by Gasteiger charge is 2.09. The van der Waals surface area contributed by atoms with Gasteiger partial charge in [-0.2, -0.15) is 11.8 Å². The van der Waals surface area contributed by atoms with E-state index in [1.807, 2.05) is 44.0 Å². The molecule has 6 nitrogen and oxygen atoms in total. The lowest BCUT2D eigenvalue weighted by Gasteiger charge is -2.20. The molecule has 1 aromatic carbocycles. The SMILES string of the molecule is CC(C)C(=O)OCCSCCOCCN(C)c1cc(=O)oc2ccccc12. The second kappa shape index (κ2) is 11.0. The minimum atomic E-state index is -0.356. The zero-order valence-electron chi connectivity index (χ0n) is 16.1. The zero-order chi connectivity index (χ0) is 19.6. The third-order valence-electron chi connectivity index (χ3n) is 3.93. The van der Waals surface area contributed by atoms with E-state index in [1.54, 1.807) is 17.8 Å². The summed E-state index contributed by atoms with van der Waals surface area (Å²) < 4.78 is 16.0. The van der Waals surface area contributed by atoms with Crippen LogP contribution in [0.15, 0.2) is 39.5 Å². The molecule has 148 valence electrons. The monoisotopic (exact) mass is 393 g/mol. The molecular weight excluding hydrogens is 366 g/mol. The van der Waals surface area contributed by atoms with E-state index in [4.69, 9.17) is 13.9 Å². The van der Waals surface area contributed by atoms with Gasteiger partial charge in [0, 0.05) is 36.6 Å². The molecule has 0 aliphatic rings. The molecule has 0 saturated heterocycles. The van der Waals surface area contributed by atoms with Crippen LogP contribution in [0, 0.1) is 5.92 Å². The van der Waals surface area contributed by atoms with Crippen molar-refractivity contribution in [3.63, 3.8) is 0 Å². The smallest absolute Gasteiger partial charge is 0.338 e. The Bertz CT molecular complexity index is 789. The van der Waals surface area contributed by atoms with Crippen LogP contribution >= 0.6 is 11.8 Å². The van der Waals surface area contributed by atoms with Crippen LogP contribution in [0.25, 0.3) is 11.0 Å². The Morgan fingerprint density at radius 2 is 1.93 bits per heavy atom. The lowest BCUT2D eigenvalue weighted by atomic mass is 10.2. The summed E-state index contributed by atoms with van der Waals surface area (Å²) in [4.78, 5) is 25.0. The van der Waals surface area contributed by atoms with Gasteiger partial charge in [-0.1, -0.05) is 26.0 Å². The highest BCUT2D eigenvalue weighted by atomic mass is 32.2. The van der Waals surface area contributed by atoms with Gasteiger partial charge in [0.15, 0.2) is 0 Å². The Morgan fingerprint density at radius 1 is 1.19 bits per heavy atom. The number of benzene rings is 1. The minimum Gasteiger partial charge on any atom is -0.465 e. The zero-order valence-corrected chi connectivity index (χ0v) is 16.9. The lowest BCUT2D eigenvalue weighted by molar-refractivity contribution is -0.146. The number of ether oxygens (including phenoxy) is 2. The standard InChI is InChI=1S/C20H27NO5S/c1-15(2)20(23)25-11-13-27-12-10-24-9-8-21(3)17-14-19(22)26-18-7-5-4-6-16(17)18/h4-7,14-15H,8-13H2,1-3H3. The van der Waals surface area contributed by atoms with Gasteiger partial charge in [0.25, 0.3) is 0 Å². The average molecular weight is 394 g/mol. The molecule has 0 atom stereocenters. The average Bonchev–Trinajstić information content (AvgIpc) is 2.65. The van der Waals surface area contributed by atoms with E-state index in [1.165, 1.54) is 6.07 Å². The van der Waals surface area contributed by atoms with Crippen LogP contribution in [0.1, 0.15) is 13.8 Å². The van der Waals surface area contributed by atoms with Crippen LogP contribution in [0.4, 0.5) is 5.69 Å². The second-order valence-electron chi connectivity index (χ2n) is 6.42. The predicted octanol–water partition coefficient (Wildman–Crippen LogP) is 3.18. The fourth-order valence-electron chi connectivity index (χ4n) is 2.42. The van der Waals surface area contributed by atoms with Gasteiger partial charge in [-0.05, 0) is 12.1 Å². The maximum Gasteiger partial charge on any atom is 0.338 e. The maximum absolute atomic E-state index is 11.7. The van der Waals surface area contributed by atoms with Gasteiger partial charge in [0.2, 0.25) is 0 Å². The van der Waals surface area contributed by atoms with Crippen molar-refractivity contribution in [2.24, 2.45) is 5.92 Å². The van der Waals surface area contributed by atoms with Crippen molar-refractivity contribution in [2.45, 2.75) is 13.8 Å². The van der Waals surface area contributed by atoms with E-state index in [0.29, 0.717) is 31.9 Å². The van der Waals surface area contributed by atoms with Gasteiger partial charge < -0.3 is 18.8 Å². The summed E-state index contributed by atoms with van der Waals surface area (Å²) in [5, 5.41) is 0.908. The third-order valence-corrected chi connectivity index (χ3v) is 4.84. The normalized spacial score (nSPS) is 11.1. The molecule has 0 aliphatic heterocycles. The molecule has 2 rings (SSSR count). The number of likely N-dealkylation sites (N-methyl/N-ethyl adjacent to an activating group) is 1. The molecule has 2 aromatic rings. The molecule has 0 fully saturated rings. The quantitative estimate of drug-likeness (QED) is 0.330. The minimum absolute atomic E-state index is 0.0802. The van der Waals surface area contributed by atoms with Gasteiger partial charge in [0.05, 0.1) is 24.8 Å². The number of esters is 1. The van der Waals surface area contributed by atoms with Gasteiger partial charge >= 0.3 is 11.6 Å². The molecule has 0 saturated carbocycles. The van der Waals surface area contributed by atoms with E-state index in [2.05, 4.69) is 0 Å². The number of anilines is 1. The van der Waals surface area contributed by atoms with Crippen molar-refractivity contribution >= 4 is 34.4 Å². The summed E-state index contributed by atoms with van der Waals surface area (Å²) in [5.41, 5.74) is 1.07. The van der Waals surface area contributed by atoms with Crippen molar-refractivity contribution in [3.8, 4) is 0 Å². The van der Waals surface area contributed by atoms with Gasteiger partial charge in [0.1, 0.15) is 12.2 Å². The van der Waals surface area contributed by atoms with E-state index >= 15 is 0 Å². The first-order valence-corrected chi connectivity index (χ1v) is 10.2. The summed E-state index contributed by atoms with van der Waals surface area (Å²) in [5.74, 6) is 1.38. The van der Waals surface area contributed by atoms with Gasteiger partial charge in [-0.25, -0.2) is 4.79 Å². The predicted molar refractivity (Wildman–Crippen MR) is 110 cm³/mol. The summed E-state index contributed by atoms with van der Waals surface area (Å²) in [6.07, 6.45) is 0. The fraction of sp³-hybridized carbons (Fsp3) is 0.500. The van der Waals surface area contributed by atoms with Crippen molar-refractivity contribution in [1.29, 1.82) is 0 Å². The molecule has 7 heteroatoms. The largest absolute Gasteiger partial charge is 0.465 e. The number of carbonyl (C=O) groups is 1. The molecular formula is C20H27NO5S. The first-order valence-electron chi connectivity index (χ1n) is 9.05. The molecule has 0 bridgehead atoms. The van der Waals surface area contributed by atoms with Crippen LogP contribution in [0.2, 0.25) is 0 Å². The first kappa shape index (κ1) is 21.3. The summed E-state index contributed by atoms with van der Waals surface area (Å²) in [6, 6.07) is 9.01. The van der Waals surface area contributed by atoms with Crippen LogP contribution < -0.4 is 10.5 Å². The molecule has 1 aromatic heterocycles. The summed E-state index contributed by atoms with van der Waals surface area (Å²) in [6.45, 7) is 5.96. The number of rotatable bonds is 11. The van der Waals surface area contributed by atoms with E-state index in [9.17, 15) is 9.59 Å². The number of thioether (sulfide) groups is 1. The highest BCUT2D eigenvalue weighted by Crippen LogP contribution is 2.23. The summed E-state index contributed by atoms with van der Waals surface area (Å²) in [7, 11) is 1.93. The molecule has 0 aliphatic carbocycles. The van der Waals surface area contributed by atoms with Gasteiger partial charge in [-0.15, -0.1) is 0 Å². The molecule has 0 unspecified atom stereocenters. The topological polar surface area (TPSA) is 69.0 Å². The molecule has 27 heavy (non-hydrogen) atoms. The Labute approximate surface area is 163 Å².